The van der Waals surface area contributed by atoms with Gasteiger partial charge >= 0.3 is 5.97 Å². The van der Waals surface area contributed by atoms with E-state index in [2.05, 4.69) is 19.6 Å². The van der Waals surface area contributed by atoms with Crippen LogP contribution in [0.25, 0.3) is 0 Å². The molecule has 0 bridgehead atoms. The lowest BCUT2D eigenvalue weighted by Gasteiger charge is -2.05. The molecule has 126 valence electrons. The fraction of sp³-hybridized carbons (Fsp3) is 0.941. The number of ether oxygens (including phenoxy) is 2. The molecule has 0 atom stereocenters. The Morgan fingerprint density at radius 2 is 1.33 bits per heavy atom. The molecule has 0 radical (unpaired) electrons. The maximum atomic E-state index is 11.1. The van der Waals surface area contributed by atoms with Crippen molar-refractivity contribution in [1.82, 2.24) is 0 Å². The van der Waals surface area contributed by atoms with Crippen molar-refractivity contribution in [2.75, 3.05) is 25.6 Å². The molecule has 0 N–H and O–H groups in total. The first-order valence-electron chi connectivity index (χ1n) is 8.65. The highest BCUT2D eigenvalue weighted by molar-refractivity contribution is 7.80. The number of carbonyl (C=O) groups excluding carboxylic acids is 1. The zero-order chi connectivity index (χ0) is 15.6. The number of esters is 1. The summed E-state index contributed by atoms with van der Waals surface area (Å²) in [5.74, 6) is 0.445. The first kappa shape index (κ1) is 20.8. The lowest BCUT2D eigenvalue weighted by molar-refractivity contribution is -0.143. The summed E-state index contributed by atoms with van der Waals surface area (Å²) in [7, 11) is 0. The van der Waals surface area contributed by atoms with Crippen molar-refractivity contribution in [2.24, 2.45) is 0 Å². The van der Waals surface area contributed by atoms with Gasteiger partial charge in [-0.05, 0) is 19.3 Å². The minimum atomic E-state index is -0.124. The van der Waals surface area contributed by atoms with Gasteiger partial charge in [-0.3, -0.25) is 4.79 Å². The van der Waals surface area contributed by atoms with Gasteiger partial charge in [0.25, 0.3) is 0 Å². The molecule has 0 amide bonds. The van der Waals surface area contributed by atoms with Crippen LogP contribution in [0.15, 0.2) is 0 Å². The maximum absolute atomic E-state index is 11.1. The van der Waals surface area contributed by atoms with Crippen LogP contribution < -0.4 is 0 Å². The van der Waals surface area contributed by atoms with E-state index in [1.54, 1.807) is 0 Å². The maximum Gasteiger partial charge on any atom is 0.306 e. The van der Waals surface area contributed by atoms with Crippen LogP contribution in [0, 0.1) is 0 Å². The van der Waals surface area contributed by atoms with Gasteiger partial charge < -0.3 is 9.47 Å². The summed E-state index contributed by atoms with van der Waals surface area (Å²) in [4.78, 5) is 11.1. The monoisotopic (exact) mass is 318 g/mol. The second kappa shape index (κ2) is 17.8. The van der Waals surface area contributed by atoms with Crippen LogP contribution in [0.4, 0.5) is 0 Å². The van der Waals surface area contributed by atoms with E-state index >= 15 is 0 Å². The summed E-state index contributed by atoms with van der Waals surface area (Å²) in [5.41, 5.74) is 0. The SMILES string of the molecule is CCCCCCOCCCCCCCCOC(=O)CCS. The predicted molar refractivity (Wildman–Crippen MR) is 92.1 cm³/mol. The normalized spacial score (nSPS) is 10.8. The average Bonchev–Trinajstić information content (AvgIpc) is 2.48. The van der Waals surface area contributed by atoms with E-state index in [0.717, 1.165) is 26.1 Å². The molecule has 0 spiro atoms. The summed E-state index contributed by atoms with van der Waals surface area (Å²) in [6, 6.07) is 0. The largest absolute Gasteiger partial charge is 0.466 e. The number of unbranched alkanes of at least 4 members (excludes halogenated alkanes) is 8. The molecule has 0 unspecified atom stereocenters. The second-order valence-corrected chi connectivity index (χ2v) is 5.94. The van der Waals surface area contributed by atoms with Gasteiger partial charge in [-0.25, -0.2) is 0 Å². The number of hydrogen-bond donors (Lipinski definition) is 1. The minimum absolute atomic E-state index is 0.124. The first-order chi connectivity index (χ1) is 10.3. The van der Waals surface area contributed by atoms with Gasteiger partial charge in [-0.2, -0.15) is 12.6 Å². The van der Waals surface area contributed by atoms with Crippen molar-refractivity contribution < 1.29 is 14.3 Å². The molecule has 0 saturated carbocycles. The lowest BCUT2D eigenvalue weighted by atomic mass is 10.1. The topological polar surface area (TPSA) is 35.5 Å². The number of carbonyl (C=O) groups is 1. The van der Waals surface area contributed by atoms with Crippen LogP contribution in [0.1, 0.15) is 77.6 Å². The van der Waals surface area contributed by atoms with Crippen molar-refractivity contribution in [1.29, 1.82) is 0 Å². The van der Waals surface area contributed by atoms with E-state index < -0.39 is 0 Å². The summed E-state index contributed by atoms with van der Waals surface area (Å²) < 4.78 is 10.7. The van der Waals surface area contributed by atoms with Gasteiger partial charge in [-0.1, -0.05) is 51.9 Å². The third kappa shape index (κ3) is 17.7. The van der Waals surface area contributed by atoms with Crippen molar-refractivity contribution in [3.63, 3.8) is 0 Å². The molecule has 3 nitrogen and oxygen atoms in total. The summed E-state index contributed by atoms with van der Waals surface area (Å²) in [6.45, 7) is 4.63. The van der Waals surface area contributed by atoms with E-state index in [0.29, 0.717) is 18.8 Å². The third-order valence-electron chi connectivity index (χ3n) is 3.40. The lowest BCUT2D eigenvalue weighted by Crippen LogP contribution is -2.06. The molecule has 0 aliphatic heterocycles. The smallest absolute Gasteiger partial charge is 0.306 e. The van der Waals surface area contributed by atoms with E-state index in [-0.39, 0.29) is 5.97 Å². The van der Waals surface area contributed by atoms with E-state index in [9.17, 15) is 4.79 Å². The van der Waals surface area contributed by atoms with Crippen molar-refractivity contribution in [2.45, 2.75) is 77.6 Å². The fourth-order valence-electron chi connectivity index (χ4n) is 2.10. The zero-order valence-corrected chi connectivity index (χ0v) is 14.7. The molecule has 0 fully saturated rings. The Kier molecular flexibility index (Phi) is 17.6. The molecule has 0 heterocycles. The summed E-state index contributed by atoms with van der Waals surface area (Å²) in [5, 5.41) is 0. The zero-order valence-electron chi connectivity index (χ0n) is 13.8. The van der Waals surface area contributed by atoms with Crippen LogP contribution in [-0.2, 0) is 14.3 Å². The second-order valence-electron chi connectivity index (χ2n) is 5.49. The molecule has 21 heavy (non-hydrogen) atoms. The van der Waals surface area contributed by atoms with E-state index in [1.165, 1.54) is 51.4 Å². The highest BCUT2D eigenvalue weighted by atomic mass is 32.1. The average molecular weight is 319 g/mol. The number of rotatable bonds is 16. The Bertz CT molecular complexity index is 222. The van der Waals surface area contributed by atoms with Crippen LogP contribution in [0.3, 0.4) is 0 Å². The third-order valence-corrected chi connectivity index (χ3v) is 3.63. The summed E-state index contributed by atoms with van der Waals surface area (Å²) in [6.07, 6.45) is 12.6. The van der Waals surface area contributed by atoms with Crippen LogP contribution in [0.5, 0.6) is 0 Å². The molecule has 0 aliphatic rings. The summed E-state index contributed by atoms with van der Waals surface area (Å²) >= 11 is 4.00. The number of thiol groups is 1. The Balaban J connectivity index is 3.01. The Morgan fingerprint density at radius 3 is 1.90 bits per heavy atom. The quantitative estimate of drug-likeness (QED) is 0.252. The highest BCUT2D eigenvalue weighted by Crippen LogP contribution is 2.06. The van der Waals surface area contributed by atoms with Crippen molar-refractivity contribution >= 4 is 18.6 Å². The number of hydrogen-bond acceptors (Lipinski definition) is 4. The van der Waals surface area contributed by atoms with Gasteiger partial charge in [0.05, 0.1) is 13.0 Å². The fourth-order valence-corrected chi connectivity index (χ4v) is 2.28. The van der Waals surface area contributed by atoms with Crippen LogP contribution in [-0.4, -0.2) is 31.5 Å². The van der Waals surface area contributed by atoms with Gasteiger partial charge in [0.15, 0.2) is 0 Å². The molecule has 0 rings (SSSR count). The predicted octanol–water partition coefficient (Wildman–Crippen LogP) is 4.79. The minimum Gasteiger partial charge on any atom is -0.466 e. The molecule has 0 aromatic heterocycles. The standard InChI is InChI=1S/C17H34O3S/c1-2-3-4-9-13-19-14-10-7-5-6-8-11-15-20-17(18)12-16-21/h21H,2-16H2,1H3. The molecule has 0 saturated heterocycles. The molecule has 0 aromatic carbocycles. The van der Waals surface area contributed by atoms with Gasteiger partial charge in [0, 0.05) is 19.0 Å². The van der Waals surface area contributed by atoms with Gasteiger partial charge in [-0.15, -0.1) is 0 Å². The molecular formula is C17H34O3S. The van der Waals surface area contributed by atoms with Crippen molar-refractivity contribution in [3.8, 4) is 0 Å². The van der Waals surface area contributed by atoms with E-state index in [1.807, 2.05) is 0 Å². The molecule has 4 heteroatoms. The van der Waals surface area contributed by atoms with Gasteiger partial charge in [0.1, 0.15) is 0 Å². The molecular weight excluding hydrogens is 284 g/mol. The van der Waals surface area contributed by atoms with Crippen LogP contribution >= 0.6 is 12.6 Å². The van der Waals surface area contributed by atoms with Gasteiger partial charge in [0.2, 0.25) is 0 Å². The molecule has 0 aromatic rings. The Morgan fingerprint density at radius 1 is 0.810 bits per heavy atom. The molecule has 0 aliphatic carbocycles. The van der Waals surface area contributed by atoms with E-state index in [4.69, 9.17) is 9.47 Å². The van der Waals surface area contributed by atoms with Crippen molar-refractivity contribution in [3.05, 3.63) is 0 Å². The Hall–Kier alpha value is -0.220. The highest BCUT2D eigenvalue weighted by Gasteiger charge is 1.99. The first-order valence-corrected chi connectivity index (χ1v) is 9.28. The van der Waals surface area contributed by atoms with Crippen LogP contribution in [0.2, 0.25) is 0 Å². The Labute approximate surface area is 136 Å².